The molecule has 0 aliphatic rings. The Morgan fingerprint density at radius 1 is 1.36 bits per heavy atom. The van der Waals surface area contributed by atoms with Crippen molar-refractivity contribution in [2.24, 2.45) is 0 Å². The summed E-state index contributed by atoms with van der Waals surface area (Å²) in [6, 6.07) is 5.67. The molecule has 0 radical (unpaired) electrons. The third kappa shape index (κ3) is 1.92. The summed E-state index contributed by atoms with van der Waals surface area (Å²) in [7, 11) is 0. The summed E-state index contributed by atoms with van der Waals surface area (Å²) in [5.41, 5.74) is 0.0304. The maximum atomic E-state index is 10.1. The molecule has 0 bridgehead atoms. The largest absolute Gasteiger partial charge is 0.325 e. The van der Waals surface area contributed by atoms with E-state index in [1.165, 1.54) is 24.3 Å². The number of nitrogens with zero attached hydrogens (tertiary/aromatic N) is 1. The van der Waals surface area contributed by atoms with E-state index >= 15 is 0 Å². The van der Waals surface area contributed by atoms with Crippen LogP contribution in [0.25, 0.3) is 0 Å². The van der Waals surface area contributed by atoms with E-state index in [1.807, 2.05) is 0 Å². The van der Waals surface area contributed by atoms with Crippen LogP contribution < -0.4 is 0 Å². The van der Waals surface area contributed by atoms with Gasteiger partial charge in [-0.1, -0.05) is 0 Å². The molecule has 1 aromatic rings. The van der Waals surface area contributed by atoms with Gasteiger partial charge in [-0.2, -0.15) is 0 Å². The first-order valence-electron chi connectivity index (χ1n) is 2.80. The van der Waals surface area contributed by atoms with E-state index in [4.69, 9.17) is 4.55 Å². The molecule has 11 heavy (non-hydrogen) atoms. The average molecular weight is 171 g/mol. The van der Waals surface area contributed by atoms with E-state index in [9.17, 15) is 10.1 Å². The molecule has 0 aromatic heterocycles. The van der Waals surface area contributed by atoms with Crippen LogP contribution in [0.3, 0.4) is 0 Å². The maximum Gasteiger partial charge on any atom is 0.269 e. The Morgan fingerprint density at radius 2 is 1.91 bits per heavy atom. The zero-order valence-corrected chi connectivity index (χ0v) is 6.25. The first-order valence-corrected chi connectivity index (χ1v) is 3.57. The highest BCUT2D eigenvalue weighted by Gasteiger charge is 2.02. The van der Waals surface area contributed by atoms with Crippen LogP contribution in [0, 0.1) is 10.1 Å². The fourth-order valence-electron chi connectivity index (χ4n) is 0.629. The second-order valence-electron chi connectivity index (χ2n) is 1.84. The molecule has 4 nitrogen and oxygen atoms in total. The molecule has 1 N–H and O–H groups in total. The van der Waals surface area contributed by atoms with Crippen molar-refractivity contribution in [3.63, 3.8) is 0 Å². The first kappa shape index (κ1) is 8.03. The maximum absolute atomic E-state index is 10.1. The second kappa shape index (κ2) is 3.36. The van der Waals surface area contributed by atoms with Crippen molar-refractivity contribution < 1.29 is 9.48 Å². The van der Waals surface area contributed by atoms with Crippen LogP contribution in [-0.4, -0.2) is 9.48 Å². The van der Waals surface area contributed by atoms with Crippen LogP contribution >= 0.6 is 12.0 Å². The van der Waals surface area contributed by atoms with E-state index in [0.29, 0.717) is 16.9 Å². The summed E-state index contributed by atoms with van der Waals surface area (Å²) < 4.78 is 8.51. The van der Waals surface area contributed by atoms with Crippen LogP contribution in [0.15, 0.2) is 29.2 Å². The highest BCUT2D eigenvalue weighted by atomic mass is 32.2. The van der Waals surface area contributed by atoms with Gasteiger partial charge in [-0.3, -0.25) is 10.1 Å². The molecule has 0 aliphatic heterocycles. The molecule has 1 aromatic carbocycles. The Labute approximate surface area is 67.2 Å². The zero-order chi connectivity index (χ0) is 8.27. The number of nitro groups is 1. The molecular weight excluding hydrogens is 166 g/mol. The molecule has 1 rings (SSSR count). The predicted molar refractivity (Wildman–Crippen MR) is 41.6 cm³/mol. The highest BCUT2D eigenvalue weighted by molar-refractivity contribution is 7.93. The lowest BCUT2D eigenvalue weighted by molar-refractivity contribution is -0.384. The Kier molecular flexibility index (Phi) is 2.45. The van der Waals surface area contributed by atoms with Gasteiger partial charge in [-0.15, -0.1) is 0 Å². The molecule has 0 unspecified atom stereocenters. The van der Waals surface area contributed by atoms with Gasteiger partial charge in [0.1, 0.15) is 0 Å². The lowest BCUT2D eigenvalue weighted by Gasteiger charge is -1.92. The monoisotopic (exact) mass is 171 g/mol. The average Bonchev–Trinajstić information content (AvgIpc) is 2.05. The standard InChI is InChI=1S/C6H5NO3S/c8-7(9)5-1-3-6(11-10)4-2-5/h1-4,10H. The molecule has 0 amide bonds. The molecule has 0 heterocycles. The predicted octanol–water partition coefficient (Wildman–Crippen LogP) is 2.16. The number of benzene rings is 1. The number of non-ortho nitro benzene ring substituents is 1. The van der Waals surface area contributed by atoms with Crippen molar-refractivity contribution in [1.82, 2.24) is 0 Å². The van der Waals surface area contributed by atoms with Crippen molar-refractivity contribution in [1.29, 1.82) is 0 Å². The molecule has 5 heteroatoms. The Morgan fingerprint density at radius 3 is 2.27 bits per heavy atom. The number of hydrogen-bond donors (Lipinski definition) is 1. The molecular formula is C6H5NO3S. The molecule has 0 fully saturated rings. The van der Waals surface area contributed by atoms with Crippen LogP contribution in [0.4, 0.5) is 5.69 Å². The summed E-state index contributed by atoms with van der Waals surface area (Å²) in [4.78, 5) is 10.2. The molecule has 0 aliphatic carbocycles. The van der Waals surface area contributed by atoms with Gasteiger partial charge in [-0.25, -0.2) is 0 Å². The van der Waals surface area contributed by atoms with Crippen molar-refractivity contribution in [3.8, 4) is 0 Å². The van der Waals surface area contributed by atoms with Gasteiger partial charge in [0.2, 0.25) is 0 Å². The molecule has 0 atom stereocenters. The van der Waals surface area contributed by atoms with Crippen LogP contribution in [0.5, 0.6) is 0 Å². The summed E-state index contributed by atoms with van der Waals surface area (Å²) in [5, 5.41) is 10.1. The van der Waals surface area contributed by atoms with E-state index < -0.39 is 4.92 Å². The van der Waals surface area contributed by atoms with Crippen molar-refractivity contribution >= 4 is 17.7 Å². The van der Waals surface area contributed by atoms with Gasteiger partial charge < -0.3 is 4.55 Å². The van der Waals surface area contributed by atoms with Crippen molar-refractivity contribution in [2.45, 2.75) is 4.90 Å². The Hall–Kier alpha value is -1.07. The quantitative estimate of drug-likeness (QED) is 0.420. The minimum absolute atomic E-state index is 0.0304. The SMILES string of the molecule is O=[N+]([O-])c1ccc(SO)cc1. The summed E-state index contributed by atoms with van der Waals surface area (Å²) in [5.74, 6) is 0. The van der Waals surface area contributed by atoms with Crippen LogP contribution in [0.1, 0.15) is 0 Å². The van der Waals surface area contributed by atoms with Crippen molar-refractivity contribution in [3.05, 3.63) is 34.4 Å². The molecule has 0 spiro atoms. The van der Waals surface area contributed by atoms with Crippen LogP contribution in [-0.2, 0) is 0 Å². The Balaban J connectivity index is 2.91. The van der Waals surface area contributed by atoms with E-state index in [2.05, 4.69) is 0 Å². The van der Waals surface area contributed by atoms with Gasteiger partial charge in [0.05, 0.1) is 4.92 Å². The number of rotatable bonds is 2. The highest BCUT2D eigenvalue weighted by Crippen LogP contribution is 2.18. The lowest BCUT2D eigenvalue weighted by atomic mass is 10.3. The van der Waals surface area contributed by atoms with Crippen molar-refractivity contribution in [2.75, 3.05) is 0 Å². The lowest BCUT2D eigenvalue weighted by Crippen LogP contribution is -1.86. The minimum atomic E-state index is -0.480. The smallest absolute Gasteiger partial charge is 0.269 e. The molecule has 0 saturated carbocycles. The molecule has 58 valence electrons. The third-order valence-electron chi connectivity index (χ3n) is 1.15. The Bertz CT molecular complexity index is 259. The van der Waals surface area contributed by atoms with Gasteiger partial charge in [-0.05, 0) is 12.1 Å². The minimum Gasteiger partial charge on any atom is -0.325 e. The summed E-state index contributed by atoms with van der Waals surface area (Å²) >= 11 is 0.567. The fourth-order valence-corrected chi connectivity index (χ4v) is 0.887. The van der Waals surface area contributed by atoms with Crippen LogP contribution in [0.2, 0.25) is 0 Å². The first-order chi connectivity index (χ1) is 5.24. The topological polar surface area (TPSA) is 63.4 Å². The molecule has 0 saturated heterocycles. The summed E-state index contributed by atoms with van der Waals surface area (Å²) in [6.45, 7) is 0. The normalized spacial score (nSPS) is 9.55. The third-order valence-corrected chi connectivity index (χ3v) is 1.64. The van der Waals surface area contributed by atoms with Gasteiger partial charge in [0.15, 0.2) is 0 Å². The number of nitro benzene ring substituents is 1. The van der Waals surface area contributed by atoms with Gasteiger partial charge in [0, 0.05) is 29.1 Å². The second-order valence-corrected chi connectivity index (χ2v) is 2.50. The van der Waals surface area contributed by atoms with Gasteiger partial charge in [0.25, 0.3) is 5.69 Å². The van der Waals surface area contributed by atoms with Gasteiger partial charge >= 0.3 is 0 Å². The summed E-state index contributed by atoms with van der Waals surface area (Å²) in [6.07, 6.45) is 0. The van der Waals surface area contributed by atoms with E-state index in [-0.39, 0.29) is 5.69 Å². The fraction of sp³-hybridized carbons (Fsp3) is 0. The van der Waals surface area contributed by atoms with E-state index in [1.54, 1.807) is 0 Å². The van der Waals surface area contributed by atoms with E-state index in [0.717, 1.165) is 0 Å². The number of hydrogen-bond acceptors (Lipinski definition) is 4. The zero-order valence-electron chi connectivity index (χ0n) is 5.43.